The van der Waals surface area contributed by atoms with E-state index in [0.29, 0.717) is 17.9 Å². The molecule has 4 bridgehead atoms. The van der Waals surface area contributed by atoms with Crippen molar-refractivity contribution in [3.05, 3.63) is 46.5 Å². The molecule has 2 amide bonds. The minimum Gasteiger partial charge on any atom is -0.495 e. The van der Waals surface area contributed by atoms with Crippen LogP contribution in [0, 0.1) is 5.92 Å². The summed E-state index contributed by atoms with van der Waals surface area (Å²) >= 11 is 6.74. The molecular weight excluding hydrogens is 642 g/mol. The summed E-state index contributed by atoms with van der Waals surface area (Å²) in [6.07, 6.45) is 1.52. The number of carbonyl (C=O) groups is 3. The van der Waals surface area contributed by atoms with Crippen LogP contribution in [0.3, 0.4) is 0 Å². The highest BCUT2D eigenvalue weighted by molar-refractivity contribution is 6.35. The molecule has 1 aromatic rings. The molecule has 0 radical (unpaired) electrons. The number of amides is 2. The maximum atomic E-state index is 14.0. The maximum Gasteiger partial charge on any atom is 0.409 e. The molecule has 0 aliphatic carbocycles. The van der Waals surface area contributed by atoms with Gasteiger partial charge in [0.1, 0.15) is 40.7 Å². The van der Waals surface area contributed by atoms with Gasteiger partial charge in [-0.05, 0) is 65.8 Å². The van der Waals surface area contributed by atoms with E-state index in [1.807, 2.05) is 57.9 Å². The number of nitrogens with one attached hydrogen (secondary N) is 1. The van der Waals surface area contributed by atoms with Crippen LogP contribution in [-0.4, -0.2) is 104 Å². The van der Waals surface area contributed by atoms with Crippen molar-refractivity contribution in [1.82, 2.24) is 10.2 Å². The molecule has 8 atom stereocenters. The Bertz CT molecular complexity index is 1450. The van der Waals surface area contributed by atoms with Gasteiger partial charge in [-0.1, -0.05) is 42.3 Å². The summed E-state index contributed by atoms with van der Waals surface area (Å²) in [7, 11) is 6.41. The number of allylic oxidation sites excluding steroid dienone is 3. The highest BCUT2D eigenvalue weighted by atomic mass is 35.5. The number of alkyl carbamates (subject to hydrolysis) is 1. The molecule has 0 saturated carbocycles. The Morgan fingerprint density at radius 2 is 1.92 bits per heavy atom. The van der Waals surface area contributed by atoms with Gasteiger partial charge in [0.05, 0.1) is 25.3 Å². The zero-order chi connectivity index (χ0) is 35.7. The van der Waals surface area contributed by atoms with Gasteiger partial charge in [-0.2, -0.15) is 0 Å². The van der Waals surface area contributed by atoms with E-state index in [1.54, 1.807) is 33.0 Å². The first kappa shape index (κ1) is 37.7. The van der Waals surface area contributed by atoms with Crippen LogP contribution in [0.1, 0.15) is 59.9 Å². The second kappa shape index (κ2) is 14.8. The van der Waals surface area contributed by atoms with E-state index in [4.69, 9.17) is 35.3 Å². The number of nitrogens with zero attached hydrogens (tertiary/aromatic N) is 2. The molecule has 2 fully saturated rings. The van der Waals surface area contributed by atoms with Gasteiger partial charge in [0.25, 0.3) is 0 Å². The molecule has 7 unspecified atom stereocenters. The molecule has 2 saturated heterocycles. The molecule has 0 aromatic heterocycles. The van der Waals surface area contributed by atoms with Crippen LogP contribution in [0.25, 0.3) is 0 Å². The molecule has 0 spiro atoms. The largest absolute Gasteiger partial charge is 0.495 e. The van der Waals surface area contributed by atoms with E-state index in [1.165, 1.54) is 19.1 Å². The third-order valence-corrected chi connectivity index (χ3v) is 10.4. The van der Waals surface area contributed by atoms with E-state index in [0.717, 1.165) is 11.1 Å². The number of fused-ring (bicyclic) bond motifs is 5. The molecule has 3 aliphatic heterocycles. The average molecular weight is 692 g/mol. The number of anilines is 1. The zero-order valence-corrected chi connectivity index (χ0v) is 30.3. The predicted octanol–water partition coefficient (Wildman–Crippen LogP) is 4.40. The Hall–Kier alpha value is -3.16. The lowest BCUT2D eigenvalue weighted by Crippen LogP contribution is -2.63. The number of carbonyl (C=O) groups excluding carboxylic acids is 3. The Morgan fingerprint density at radius 3 is 2.54 bits per heavy atom. The van der Waals surface area contributed by atoms with Gasteiger partial charge >= 0.3 is 12.1 Å². The molecule has 3 aliphatic rings. The summed E-state index contributed by atoms with van der Waals surface area (Å²) in [4.78, 5) is 43.6. The van der Waals surface area contributed by atoms with E-state index in [2.05, 4.69) is 5.32 Å². The average Bonchev–Trinajstić information content (AvgIpc) is 3.73. The molecule has 1 aromatic carbocycles. The lowest BCUT2D eigenvalue weighted by molar-refractivity contribution is -0.159. The fraction of sp³-hybridized carbons (Fsp3) is 0.629. The van der Waals surface area contributed by atoms with Crippen molar-refractivity contribution in [2.45, 2.75) is 109 Å². The number of hydrogen-bond donors (Lipinski definition) is 2. The summed E-state index contributed by atoms with van der Waals surface area (Å²) in [6.45, 7) is 11.2. The number of ether oxygens (including phenoxy) is 5. The molecule has 48 heavy (non-hydrogen) atoms. The van der Waals surface area contributed by atoms with Crippen molar-refractivity contribution in [3.63, 3.8) is 0 Å². The van der Waals surface area contributed by atoms with Gasteiger partial charge in [0.15, 0.2) is 5.72 Å². The smallest absolute Gasteiger partial charge is 0.409 e. The van der Waals surface area contributed by atoms with Gasteiger partial charge in [-0.15, -0.1) is 0 Å². The van der Waals surface area contributed by atoms with Crippen LogP contribution < -0.4 is 15.0 Å². The van der Waals surface area contributed by atoms with Crippen molar-refractivity contribution in [1.29, 1.82) is 0 Å². The second-order valence-corrected chi connectivity index (χ2v) is 14.0. The van der Waals surface area contributed by atoms with Gasteiger partial charge in [-0.25, -0.2) is 4.79 Å². The van der Waals surface area contributed by atoms with E-state index < -0.39 is 59.8 Å². The van der Waals surface area contributed by atoms with Crippen LogP contribution in [0.2, 0.25) is 5.02 Å². The summed E-state index contributed by atoms with van der Waals surface area (Å²) < 4.78 is 29.2. The second-order valence-electron chi connectivity index (χ2n) is 13.7. The normalized spacial score (nSPS) is 33.6. The van der Waals surface area contributed by atoms with Crippen molar-refractivity contribution in [2.75, 3.05) is 33.2 Å². The monoisotopic (exact) mass is 691 g/mol. The molecule has 2 N–H and O–H groups in total. The number of benzene rings is 1. The first-order valence-electron chi connectivity index (χ1n) is 16.3. The first-order valence-corrected chi connectivity index (χ1v) is 16.6. The Morgan fingerprint density at radius 1 is 1.23 bits per heavy atom. The number of hydrogen-bond acceptors (Lipinski definition) is 10. The molecular formula is C35H50ClN3O9. The first-order chi connectivity index (χ1) is 22.4. The third kappa shape index (κ3) is 7.83. The van der Waals surface area contributed by atoms with Crippen molar-refractivity contribution in [2.24, 2.45) is 5.92 Å². The van der Waals surface area contributed by atoms with E-state index in [9.17, 15) is 19.5 Å². The van der Waals surface area contributed by atoms with Crippen LogP contribution >= 0.6 is 11.6 Å². The lowest BCUT2D eigenvalue weighted by Gasteiger charge is -2.42. The lowest BCUT2D eigenvalue weighted by atomic mass is 9.83. The van der Waals surface area contributed by atoms with Crippen LogP contribution in [0.15, 0.2) is 35.9 Å². The number of esters is 1. The summed E-state index contributed by atoms with van der Waals surface area (Å²) in [5.74, 6) is -0.920. The molecule has 4 rings (SSSR count). The maximum absolute atomic E-state index is 14.0. The van der Waals surface area contributed by atoms with E-state index >= 15 is 0 Å². The fourth-order valence-electron chi connectivity index (χ4n) is 6.46. The highest BCUT2D eigenvalue weighted by Crippen LogP contribution is 2.49. The number of likely N-dealkylation sites (N-methyl/N-ethyl adjacent to an activating group) is 1. The van der Waals surface area contributed by atoms with Gasteiger partial charge in [-0.3, -0.25) is 19.8 Å². The van der Waals surface area contributed by atoms with Crippen LogP contribution in [0.4, 0.5) is 10.5 Å². The van der Waals surface area contributed by atoms with Crippen molar-refractivity contribution >= 4 is 35.3 Å². The van der Waals surface area contributed by atoms with Crippen LogP contribution in [-0.2, 0) is 35.0 Å². The van der Waals surface area contributed by atoms with Crippen LogP contribution in [0.5, 0.6) is 5.75 Å². The summed E-state index contributed by atoms with van der Waals surface area (Å²) in [5.41, 5.74) is -0.654. The quantitative estimate of drug-likeness (QED) is 0.326. The Labute approximate surface area is 288 Å². The summed E-state index contributed by atoms with van der Waals surface area (Å²) in [6, 6.07) is 3.11. The minimum absolute atomic E-state index is 0.00609. The van der Waals surface area contributed by atoms with Gasteiger partial charge < -0.3 is 33.7 Å². The van der Waals surface area contributed by atoms with Gasteiger partial charge in [0, 0.05) is 32.5 Å². The summed E-state index contributed by atoms with van der Waals surface area (Å²) in [5, 5.41) is 14.5. The molecule has 12 nitrogen and oxygen atoms in total. The highest BCUT2D eigenvalue weighted by Gasteiger charge is 2.64. The van der Waals surface area contributed by atoms with Crippen molar-refractivity contribution < 1.29 is 43.2 Å². The topological polar surface area (TPSA) is 139 Å². The number of epoxide rings is 1. The Balaban J connectivity index is 1.79. The SMILES string of the molecule is COc1cc2cc(c1Cl)N(C)C(=O)CC(OC(=O)[C@H](C)N(C)C(C)C)C1(C)OC1C(C)C1CC(O)(NC(=O)O1)C(OC)/C=C/C=C(\C)C2. The predicted molar refractivity (Wildman–Crippen MR) is 181 cm³/mol. The molecule has 13 heteroatoms. The third-order valence-electron chi connectivity index (χ3n) is 9.98. The molecule has 3 heterocycles. The fourth-order valence-corrected chi connectivity index (χ4v) is 6.77. The number of halogens is 1. The zero-order valence-electron chi connectivity index (χ0n) is 29.5. The van der Waals surface area contributed by atoms with E-state index in [-0.39, 0.29) is 29.8 Å². The number of methoxy groups -OCH3 is 2. The van der Waals surface area contributed by atoms with Gasteiger partial charge in [0.2, 0.25) is 5.91 Å². The number of rotatable bonds is 6. The van der Waals surface area contributed by atoms with Crippen molar-refractivity contribution in [3.8, 4) is 5.75 Å². The standard InChI is InChI=1S/C35H50ClN3O9/c1-19(2)38(7)22(5)32(41)47-28-17-29(40)39(8)24-15-23(16-25(44-9)30(24)36)14-20(3)12-11-13-27(45-10)35(43)18-26(46-33(42)37-35)21(4)31-34(28,6)48-31/h11-13,15-16,19,21-22,26-28,31,43H,14,17-18H2,1-10H3,(H,37,42)/b13-11+,20-12+/t21?,22-,26?,27?,28?,31?,34?,35?/m0/s1. The number of aliphatic hydroxyl groups is 1. The minimum atomic E-state index is -1.78. The molecule has 266 valence electrons. The Kier molecular flexibility index (Phi) is 11.6.